The van der Waals surface area contributed by atoms with Crippen LogP contribution in [0.2, 0.25) is 0 Å². The molecule has 0 aliphatic carbocycles. The summed E-state index contributed by atoms with van der Waals surface area (Å²) in [5, 5.41) is 8.07. The third kappa shape index (κ3) is 4.47. The highest BCUT2D eigenvalue weighted by Crippen LogP contribution is 2.18. The van der Waals surface area contributed by atoms with Gasteiger partial charge in [0.2, 0.25) is 0 Å². The zero-order chi connectivity index (χ0) is 16.8. The van der Waals surface area contributed by atoms with Crippen LogP contribution in [0.15, 0.2) is 47.4 Å². The standard InChI is InChI=1S/C17H19N3O3/c1-4-9-18-17(22)20-14-7-5-13(6-8-14)19-16(21)15-10-11(2)23-12(15)3/h4-8,10H,1,9H2,2-3H3,(H,19,21)(H2,18,20,22). The molecule has 2 rings (SSSR count). The molecule has 120 valence electrons. The van der Waals surface area contributed by atoms with Gasteiger partial charge in [-0.1, -0.05) is 6.08 Å². The van der Waals surface area contributed by atoms with E-state index in [4.69, 9.17) is 4.42 Å². The number of carbonyl (C=O) groups excluding carboxylic acids is 2. The first-order valence-corrected chi connectivity index (χ1v) is 7.14. The molecule has 1 aromatic carbocycles. The van der Waals surface area contributed by atoms with Crippen LogP contribution in [0.25, 0.3) is 0 Å². The molecule has 0 spiro atoms. The predicted molar refractivity (Wildman–Crippen MR) is 89.8 cm³/mol. The van der Waals surface area contributed by atoms with Crippen LogP contribution < -0.4 is 16.0 Å². The summed E-state index contributed by atoms with van der Waals surface area (Å²) in [5.74, 6) is 1.04. The van der Waals surface area contributed by atoms with Gasteiger partial charge in [-0.25, -0.2) is 4.79 Å². The number of carbonyl (C=O) groups is 2. The lowest BCUT2D eigenvalue weighted by Crippen LogP contribution is -2.28. The maximum atomic E-state index is 12.2. The van der Waals surface area contributed by atoms with Crippen LogP contribution in [-0.2, 0) is 0 Å². The van der Waals surface area contributed by atoms with Gasteiger partial charge in [0.25, 0.3) is 5.91 Å². The van der Waals surface area contributed by atoms with E-state index < -0.39 is 0 Å². The van der Waals surface area contributed by atoms with Crippen molar-refractivity contribution >= 4 is 23.3 Å². The number of hydrogen-bond donors (Lipinski definition) is 3. The van der Waals surface area contributed by atoms with Crippen LogP contribution in [0, 0.1) is 13.8 Å². The fourth-order valence-corrected chi connectivity index (χ4v) is 2.03. The first-order chi connectivity index (χ1) is 11.0. The summed E-state index contributed by atoms with van der Waals surface area (Å²) in [6, 6.07) is 8.22. The Kier molecular flexibility index (Phi) is 5.19. The Morgan fingerprint density at radius 1 is 1.13 bits per heavy atom. The fraction of sp³-hybridized carbons (Fsp3) is 0.176. The lowest BCUT2D eigenvalue weighted by molar-refractivity contribution is 0.102. The summed E-state index contributed by atoms with van der Waals surface area (Å²) in [5.41, 5.74) is 1.76. The topological polar surface area (TPSA) is 83.4 Å². The molecule has 23 heavy (non-hydrogen) atoms. The molecule has 0 fully saturated rings. The lowest BCUT2D eigenvalue weighted by atomic mass is 10.2. The monoisotopic (exact) mass is 313 g/mol. The van der Waals surface area contributed by atoms with Gasteiger partial charge in [-0.15, -0.1) is 6.58 Å². The second-order valence-electron chi connectivity index (χ2n) is 4.98. The summed E-state index contributed by atoms with van der Waals surface area (Å²) in [6.07, 6.45) is 1.60. The number of amides is 3. The Bertz CT molecular complexity index is 717. The van der Waals surface area contributed by atoms with Crippen molar-refractivity contribution < 1.29 is 14.0 Å². The zero-order valence-electron chi connectivity index (χ0n) is 13.1. The van der Waals surface area contributed by atoms with Crippen molar-refractivity contribution in [1.29, 1.82) is 0 Å². The number of aryl methyl sites for hydroxylation is 2. The van der Waals surface area contributed by atoms with Crippen molar-refractivity contribution in [3.8, 4) is 0 Å². The average molecular weight is 313 g/mol. The molecule has 0 radical (unpaired) electrons. The number of benzene rings is 1. The van der Waals surface area contributed by atoms with Crippen molar-refractivity contribution in [2.45, 2.75) is 13.8 Å². The minimum absolute atomic E-state index is 0.233. The first-order valence-electron chi connectivity index (χ1n) is 7.14. The number of nitrogens with one attached hydrogen (secondary N) is 3. The lowest BCUT2D eigenvalue weighted by Gasteiger charge is -2.08. The Labute approximate surface area is 134 Å². The average Bonchev–Trinajstić information content (AvgIpc) is 2.86. The maximum absolute atomic E-state index is 12.2. The van der Waals surface area contributed by atoms with Crippen molar-refractivity contribution in [2.24, 2.45) is 0 Å². The van der Waals surface area contributed by atoms with E-state index >= 15 is 0 Å². The van der Waals surface area contributed by atoms with Gasteiger partial charge in [-0.05, 0) is 44.2 Å². The fourth-order valence-electron chi connectivity index (χ4n) is 2.03. The highest BCUT2D eigenvalue weighted by atomic mass is 16.3. The normalized spacial score (nSPS) is 10.0. The van der Waals surface area contributed by atoms with Crippen molar-refractivity contribution in [3.05, 3.63) is 60.1 Å². The van der Waals surface area contributed by atoms with E-state index in [1.54, 1.807) is 50.3 Å². The molecular formula is C17H19N3O3. The number of rotatable bonds is 5. The minimum Gasteiger partial charge on any atom is -0.466 e. The third-order valence-corrected chi connectivity index (χ3v) is 3.09. The van der Waals surface area contributed by atoms with E-state index in [2.05, 4.69) is 22.5 Å². The highest BCUT2D eigenvalue weighted by molar-refractivity contribution is 6.05. The SMILES string of the molecule is C=CCNC(=O)Nc1ccc(NC(=O)c2cc(C)oc2C)cc1. The largest absolute Gasteiger partial charge is 0.466 e. The molecule has 1 heterocycles. The molecule has 0 saturated carbocycles. The van der Waals surface area contributed by atoms with Gasteiger partial charge >= 0.3 is 6.03 Å². The second kappa shape index (κ2) is 7.31. The van der Waals surface area contributed by atoms with E-state index in [-0.39, 0.29) is 11.9 Å². The molecule has 3 amide bonds. The van der Waals surface area contributed by atoms with E-state index in [9.17, 15) is 9.59 Å². The van der Waals surface area contributed by atoms with Crippen molar-refractivity contribution in [3.63, 3.8) is 0 Å². The molecule has 0 aliphatic heterocycles. The van der Waals surface area contributed by atoms with Crippen LogP contribution in [-0.4, -0.2) is 18.5 Å². The molecule has 2 aromatic rings. The summed E-state index contributed by atoms with van der Waals surface area (Å²) in [4.78, 5) is 23.7. The molecule has 0 aliphatic rings. The Morgan fingerprint density at radius 3 is 2.26 bits per heavy atom. The first kappa shape index (κ1) is 16.4. The van der Waals surface area contributed by atoms with Crippen molar-refractivity contribution in [2.75, 3.05) is 17.2 Å². The number of furan rings is 1. The van der Waals surface area contributed by atoms with Gasteiger partial charge < -0.3 is 20.4 Å². The van der Waals surface area contributed by atoms with Gasteiger partial charge in [0.1, 0.15) is 11.5 Å². The molecule has 3 N–H and O–H groups in total. The number of anilines is 2. The Morgan fingerprint density at radius 2 is 1.74 bits per heavy atom. The predicted octanol–water partition coefficient (Wildman–Crippen LogP) is 3.46. The van der Waals surface area contributed by atoms with Crippen molar-refractivity contribution in [1.82, 2.24) is 5.32 Å². The van der Waals surface area contributed by atoms with Crippen LogP contribution in [0.1, 0.15) is 21.9 Å². The van der Waals surface area contributed by atoms with Crippen LogP contribution in [0.3, 0.4) is 0 Å². The smallest absolute Gasteiger partial charge is 0.319 e. The molecule has 0 atom stereocenters. The minimum atomic E-state index is -0.314. The molecule has 1 aromatic heterocycles. The number of hydrogen-bond acceptors (Lipinski definition) is 3. The van der Waals surface area contributed by atoms with Crippen LogP contribution in [0.5, 0.6) is 0 Å². The molecule has 0 saturated heterocycles. The van der Waals surface area contributed by atoms with E-state index in [0.717, 1.165) is 0 Å². The molecule has 0 unspecified atom stereocenters. The molecule has 0 bridgehead atoms. The third-order valence-electron chi connectivity index (χ3n) is 3.09. The van der Waals surface area contributed by atoms with Gasteiger partial charge in [-0.3, -0.25) is 4.79 Å². The van der Waals surface area contributed by atoms with Gasteiger partial charge in [0.05, 0.1) is 5.56 Å². The molecule has 6 nitrogen and oxygen atoms in total. The second-order valence-corrected chi connectivity index (χ2v) is 4.98. The summed E-state index contributed by atoms with van der Waals surface area (Å²) < 4.78 is 5.35. The van der Waals surface area contributed by atoms with E-state index in [1.165, 1.54) is 0 Å². The van der Waals surface area contributed by atoms with E-state index in [1.807, 2.05) is 0 Å². The molecular weight excluding hydrogens is 294 g/mol. The van der Waals surface area contributed by atoms with Gasteiger partial charge in [0.15, 0.2) is 0 Å². The Hall–Kier alpha value is -3.02. The molecule has 6 heteroatoms. The maximum Gasteiger partial charge on any atom is 0.319 e. The number of urea groups is 1. The summed E-state index contributed by atoms with van der Waals surface area (Å²) in [7, 11) is 0. The summed E-state index contributed by atoms with van der Waals surface area (Å²) >= 11 is 0. The Balaban J connectivity index is 1.97. The van der Waals surface area contributed by atoms with Crippen LogP contribution >= 0.6 is 0 Å². The van der Waals surface area contributed by atoms with E-state index in [0.29, 0.717) is 35.0 Å². The van der Waals surface area contributed by atoms with Gasteiger partial charge in [-0.2, -0.15) is 0 Å². The highest BCUT2D eigenvalue weighted by Gasteiger charge is 2.13. The summed E-state index contributed by atoms with van der Waals surface area (Å²) in [6.45, 7) is 7.45. The quantitative estimate of drug-likeness (QED) is 0.739. The zero-order valence-corrected chi connectivity index (χ0v) is 13.1. The van der Waals surface area contributed by atoms with Gasteiger partial charge in [0, 0.05) is 17.9 Å². The van der Waals surface area contributed by atoms with Crippen LogP contribution in [0.4, 0.5) is 16.2 Å².